The fourth-order valence-corrected chi connectivity index (χ4v) is 1.86. The zero-order valence-electron chi connectivity index (χ0n) is 10.7. The Morgan fingerprint density at radius 2 is 2.00 bits per heavy atom. The van der Waals surface area contributed by atoms with Gasteiger partial charge in [0, 0.05) is 18.2 Å². The summed E-state index contributed by atoms with van der Waals surface area (Å²) in [5.74, 6) is 0.353. The van der Waals surface area contributed by atoms with Crippen LogP contribution in [0.4, 0.5) is 0 Å². The maximum absolute atomic E-state index is 9.77. The predicted octanol–water partition coefficient (Wildman–Crippen LogP) is 2.51. The number of nitrogens with one attached hydrogen (secondary N) is 1. The van der Waals surface area contributed by atoms with Gasteiger partial charge < -0.3 is 15.5 Å². The van der Waals surface area contributed by atoms with Gasteiger partial charge in [-0.15, -0.1) is 0 Å². The topological polar surface area (TPSA) is 52.5 Å². The molecule has 1 aromatic rings. The van der Waals surface area contributed by atoms with Gasteiger partial charge in [-0.2, -0.15) is 0 Å². The molecule has 1 atom stereocenters. The second-order valence-electron chi connectivity index (χ2n) is 4.52. The second-order valence-corrected chi connectivity index (χ2v) is 4.52. The van der Waals surface area contributed by atoms with Crippen molar-refractivity contribution in [3.05, 3.63) is 29.3 Å². The molecule has 0 saturated carbocycles. The van der Waals surface area contributed by atoms with Crippen molar-refractivity contribution in [1.29, 1.82) is 0 Å². The molecule has 0 aromatic heterocycles. The van der Waals surface area contributed by atoms with Crippen molar-refractivity contribution in [2.75, 3.05) is 13.2 Å². The van der Waals surface area contributed by atoms with Gasteiger partial charge in [0.1, 0.15) is 5.75 Å². The molecule has 17 heavy (non-hydrogen) atoms. The highest BCUT2D eigenvalue weighted by Gasteiger charge is 2.09. The summed E-state index contributed by atoms with van der Waals surface area (Å²) in [6.45, 7) is 5.26. The molecule has 1 unspecified atom stereocenters. The summed E-state index contributed by atoms with van der Waals surface area (Å²) < 4.78 is 0. The monoisotopic (exact) mass is 237 g/mol. The van der Waals surface area contributed by atoms with E-state index in [-0.39, 0.29) is 12.6 Å². The van der Waals surface area contributed by atoms with Crippen molar-refractivity contribution in [2.24, 2.45) is 0 Å². The second kappa shape index (κ2) is 7.30. The molecule has 3 nitrogen and oxygen atoms in total. The quantitative estimate of drug-likeness (QED) is 0.639. The lowest BCUT2D eigenvalue weighted by Gasteiger charge is -2.16. The summed E-state index contributed by atoms with van der Waals surface area (Å²) in [7, 11) is 0. The molecular formula is C14H23NO2. The first-order valence-corrected chi connectivity index (χ1v) is 6.29. The number of phenols is 1. The fraction of sp³-hybridized carbons (Fsp3) is 0.571. The number of benzene rings is 1. The molecule has 96 valence electrons. The Labute approximate surface area is 103 Å². The largest absolute Gasteiger partial charge is 0.508 e. The lowest BCUT2D eigenvalue weighted by Crippen LogP contribution is -2.20. The number of rotatable bonds is 7. The smallest absolute Gasteiger partial charge is 0.120 e. The predicted molar refractivity (Wildman–Crippen MR) is 70.2 cm³/mol. The number of aliphatic hydroxyl groups is 1. The summed E-state index contributed by atoms with van der Waals surface area (Å²) in [6.07, 6.45) is 2.96. The molecule has 0 aliphatic rings. The molecule has 0 radical (unpaired) electrons. The average Bonchev–Trinajstić information content (AvgIpc) is 2.32. The number of hydrogen-bond donors (Lipinski definition) is 3. The average molecular weight is 237 g/mol. The van der Waals surface area contributed by atoms with Crippen molar-refractivity contribution in [1.82, 2.24) is 5.32 Å². The van der Waals surface area contributed by atoms with Gasteiger partial charge in [0.2, 0.25) is 0 Å². The van der Waals surface area contributed by atoms with Gasteiger partial charge in [0.05, 0.1) is 0 Å². The van der Waals surface area contributed by atoms with E-state index in [0.717, 1.165) is 36.9 Å². The Morgan fingerprint density at radius 1 is 1.24 bits per heavy atom. The Kier molecular flexibility index (Phi) is 6.01. The molecule has 0 aliphatic heterocycles. The van der Waals surface area contributed by atoms with Crippen molar-refractivity contribution >= 4 is 0 Å². The van der Waals surface area contributed by atoms with Crippen molar-refractivity contribution in [3.8, 4) is 5.75 Å². The van der Waals surface area contributed by atoms with Crippen LogP contribution in [0.15, 0.2) is 18.2 Å². The molecule has 0 bridgehead atoms. The number of aromatic hydroxyl groups is 1. The van der Waals surface area contributed by atoms with Crippen molar-refractivity contribution in [2.45, 2.75) is 39.2 Å². The highest BCUT2D eigenvalue weighted by Crippen LogP contribution is 2.24. The van der Waals surface area contributed by atoms with Gasteiger partial charge in [-0.05, 0) is 45.7 Å². The fourth-order valence-electron chi connectivity index (χ4n) is 1.86. The third-order valence-electron chi connectivity index (χ3n) is 2.93. The molecule has 0 fully saturated rings. The highest BCUT2D eigenvalue weighted by atomic mass is 16.3. The molecule has 3 N–H and O–H groups in total. The Morgan fingerprint density at radius 3 is 2.71 bits per heavy atom. The number of phenolic OH excluding ortho intramolecular Hbond substituents is 1. The number of hydrogen-bond acceptors (Lipinski definition) is 3. The molecule has 0 heterocycles. The van der Waals surface area contributed by atoms with Gasteiger partial charge >= 0.3 is 0 Å². The molecule has 0 aliphatic carbocycles. The van der Waals surface area contributed by atoms with Crippen molar-refractivity contribution < 1.29 is 10.2 Å². The molecule has 0 amide bonds. The van der Waals surface area contributed by atoms with Crippen LogP contribution in [0.5, 0.6) is 5.75 Å². The number of aryl methyl sites for hydroxylation is 1. The molecule has 0 saturated heterocycles. The van der Waals surface area contributed by atoms with E-state index < -0.39 is 0 Å². The van der Waals surface area contributed by atoms with E-state index in [4.69, 9.17) is 5.11 Å². The van der Waals surface area contributed by atoms with Gasteiger partial charge in [-0.3, -0.25) is 0 Å². The summed E-state index contributed by atoms with van der Waals surface area (Å²) >= 11 is 0. The van der Waals surface area contributed by atoms with Crippen LogP contribution in [0, 0.1) is 6.92 Å². The van der Waals surface area contributed by atoms with E-state index >= 15 is 0 Å². The van der Waals surface area contributed by atoms with E-state index in [1.165, 1.54) is 0 Å². The Bertz CT molecular complexity index is 339. The van der Waals surface area contributed by atoms with Gasteiger partial charge in [-0.25, -0.2) is 0 Å². The Hall–Kier alpha value is -1.06. The van der Waals surface area contributed by atoms with Crippen LogP contribution in [0.2, 0.25) is 0 Å². The molecule has 3 heteroatoms. The number of unbranched alkanes of at least 4 members (excludes halogenated alkanes) is 2. The van der Waals surface area contributed by atoms with E-state index in [1.54, 1.807) is 6.07 Å². The third kappa shape index (κ3) is 4.75. The first-order valence-electron chi connectivity index (χ1n) is 6.29. The zero-order chi connectivity index (χ0) is 12.7. The van der Waals surface area contributed by atoms with Crippen LogP contribution < -0.4 is 5.32 Å². The third-order valence-corrected chi connectivity index (χ3v) is 2.93. The van der Waals surface area contributed by atoms with Crippen LogP contribution in [-0.2, 0) is 0 Å². The normalized spacial score (nSPS) is 12.6. The lowest BCUT2D eigenvalue weighted by molar-refractivity contribution is 0.282. The molecule has 0 spiro atoms. The van der Waals surface area contributed by atoms with Crippen LogP contribution in [0.1, 0.15) is 43.4 Å². The molecular weight excluding hydrogens is 214 g/mol. The summed E-state index contributed by atoms with van der Waals surface area (Å²) in [5, 5.41) is 21.8. The summed E-state index contributed by atoms with van der Waals surface area (Å²) in [4.78, 5) is 0. The van der Waals surface area contributed by atoms with E-state index in [2.05, 4.69) is 12.2 Å². The first kappa shape index (κ1) is 14.0. The van der Waals surface area contributed by atoms with Gasteiger partial charge in [0.25, 0.3) is 0 Å². The lowest BCUT2D eigenvalue weighted by atomic mass is 10.0. The molecule has 1 rings (SSSR count). The van der Waals surface area contributed by atoms with Crippen LogP contribution in [0.3, 0.4) is 0 Å². The van der Waals surface area contributed by atoms with Crippen LogP contribution >= 0.6 is 0 Å². The first-order chi connectivity index (χ1) is 8.15. The number of aliphatic hydroxyl groups excluding tert-OH is 1. The van der Waals surface area contributed by atoms with Gasteiger partial charge in [-0.1, -0.05) is 17.7 Å². The SMILES string of the molecule is Cc1ccc(O)c(C(C)NCCCCCO)c1. The summed E-state index contributed by atoms with van der Waals surface area (Å²) in [5.41, 5.74) is 2.11. The minimum absolute atomic E-state index is 0.157. The van der Waals surface area contributed by atoms with Crippen LogP contribution in [-0.4, -0.2) is 23.4 Å². The maximum atomic E-state index is 9.77. The zero-order valence-corrected chi connectivity index (χ0v) is 10.7. The van der Waals surface area contributed by atoms with E-state index in [0.29, 0.717) is 5.75 Å². The maximum Gasteiger partial charge on any atom is 0.120 e. The Balaban J connectivity index is 2.41. The summed E-state index contributed by atoms with van der Waals surface area (Å²) in [6, 6.07) is 5.83. The molecule has 1 aromatic carbocycles. The van der Waals surface area contributed by atoms with Crippen LogP contribution in [0.25, 0.3) is 0 Å². The minimum Gasteiger partial charge on any atom is -0.508 e. The minimum atomic E-state index is 0.157. The van der Waals surface area contributed by atoms with E-state index in [9.17, 15) is 5.11 Å². The standard InChI is InChI=1S/C14H23NO2/c1-11-6-7-14(17)13(10-11)12(2)15-8-4-3-5-9-16/h6-7,10,12,15-17H,3-5,8-9H2,1-2H3. The van der Waals surface area contributed by atoms with E-state index in [1.807, 2.05) is 19.1 Å². The highest BCUT2D eigenvalue weighted by molar-refractivity contribution is 5.37. The van der Waals surface area contributed by atoms with Gasteiger partial charge in [0.15, 0.2) is 0 Å². The van der Waals surface area contributed by atoms with Crippen molar-refractivity contribution in [3.63, 3.8) is 0 Å².